The molecule has 2 fully saturated rings. The zero-order valence-corrected chi connectivity index (χ0v) is 17.2. The molecule has 0 aromatic heterocycles. The Bertz CT molecular complexity index is 518. The van der Waals surface area contributed by atoms with Gasteiger partial charge in [-0.25, -0.2) is 0 Å². The van der Waals surface area contributed by atoms with Crippen molar-refractivity contribution in [2.45, 2.75) is 32.1 Å². The van der Waals surface area contributed by atoms with E-state index in [0.29, 0.717) is 0 Å². The van der Waals surface area contributed by atoms with E-state index in [1.165, 1.54) is 44.3 Å². The van der Waals surface area contributed by atoms with Gasteiger partial charge in [-0.3, -0.25) is 4.99 Å². The summed E-state index contributed by atoms with van der Waals surface area (Å²) in [5, 5.41) is 3.54. The number of guanidine groups is 1. The van der Waals surface area contributed by atoms with E-state index < -0.39 is 0 Å². The number of ether oxygens (including phenoxy) is 1. The molecule has 24 heavy (non-hydrogen) atoms. The fraction of sp³-hybridized carbons (Fsp3) is 0.632. The number of nitrogens with zero attached hydrogens (tertiary/aromatic N) is 2. The molecule has 4 nitrogen and oxygen atoms in total. The Labute approximate surface area is 163 Å². The first-order valence-corrected chi connectivity index (χ1v) is 8.88. The van der Waals surface area contributed by atoms with Crippen LogP contribution in [0.25, 0.3) is 0 Å². The van der Waals surface area contributed by atoms with Gasteiger partial charge in [-0.2, -0.15) is 0 Å². The van der Waals surface area contributed by atoms with Crippen molar-refractivity contribution in [1.82, 2.24) is 10.2 Å². The van der Waals surface area contributed by atoms with Crippen molar-refractivity contribution in [1.29, 1.82) is 0 Å². The predicted molar refractivity (Wildman–Crippen MR) is 110 cm³/mol. The molecule has 2 aliphatic rings. The first-order valence-electron chi connectivity index (χ1n) is 8.88. The van der Waals surface area contributed by atoms with Gasteiger partial charge in [-0.1, -0.05) is 25.0 Å². The molecule has 1 heterocycles. The van der Waals surface area contributed by atoms with Gasteiger partial charge < -0.3 is 15.0 Å². The summed E-state index contributed by atoms with van der Waals surface area (Å²) in [5.41, 5.74) is 1.32. The molecule has 0 amide bonds. The molecule has 5 heteroatoms. The summed E-state index contributed by atoms with van der Waals surface area (Å²) in [6.07, 6.45) is 6.65. The summed E-state index contributed by atoms with van der Waals surface area (Å²) in [5.74, 6) is 3.78. The van der Waals surface area contributed by atoms with Crippen LogP contribution in [0.2, 0.25) is 0 Å². The van der Waals surface area contributed by atoms with E-state index in [-0.39, 0.29) is 24.0 Å². The van der Waals surface area contributed by atoms with Crippen LogP contribution in [0.3, 0.4) is 0 Å². The summed E-state index contributed by atoms with van der Waals surface area (Å²) in [6, 6.07) is 8.31. The first kappa shape index (κ1) is 19.3. The van der Waals surface area contributed by atoms with E-state index in [2.05, 4.69) is 27.3 Å². The third kappa shape index (κ3) is 4.77. The Kier molecular flexibility index (Phi) is 7.65. The van der Waals surface area contributed by atoms with Gasteiger partial charge in [0.1, 0.15) is 5.75 Å². The van der Waals surface area contributed by atoms with E-state index in [1.54, 1.807) is 7.11 Å². The highest BCUT2D eigenvalue weighted by atomic mass is 127. The van der Waals surface area contributed by atoms with Crippen LogP contribution < -0.4 is 10.1 Å². The zero-order chi connectivity index (χ0) is 16.1. The number of hydrogen-bond donors (Lipinski definition) is 1. The average molecular weight is 443 g/mol. The molecule has 1 aliphatic carbocycles. The van der Waals surface area contributed by atoms with Gasteiger partial charge in [0.2, 0.25) is 0 Å². The second-order valence-corrected chi connectivity index (χ2v) is 6.78. The maximum absolute atomic E-state index is 5.20. The standard InChI is InChI=1S/C19H29N3O.HI/c1-20-19(22-13-16-5-3-4-6-17(16)14-22)21-12-11-15-7-9-18(23-2)10-8-15;/h7-10,16-17H,3-6,11-14H2,1-2H3,(H,20,21);1H. The Morgan fingerprint density at radius 2 is 1.79 bits per heavy atom. The molecule has 2 atom stereocenters. The molecule has 2 unspecified atom stereocenters. The molecule has 1 aromatic carbocycles. The van der Waals surface area contributed by atoms with Crippen molar-refractivity contribution in [3.05, 3.63) is 29.8 Å². The molecule has 1 N–H and O–H groups in total. The fourth-order valence-electron chi connectivity index (χ4n) is 4.02. The molecule has 1 saturated carbocycles. The van der Waals surface area contributed by atoms with Gasteiger partial charge >= 0.3 is 0 Å². The third-order valence-corrected chi connectivity index (χ3v) is 5.34. The molecule has 1 aliphatic heterocycles. The number of rotatable bonds is 4. The fourth-order valence-corrected chi connectivity index (χ4v) is 4.02. The Hall–Kier alpha value is -0.980. The Morgan fingerprint density at radius 1 is 1.17 bits per heavy atom. The van der Waals surface area contributed by atoms with Crippen LogP contribution in [0.1, 0.15) is 31.2 Å². The molecule has 3 rings (SSSR count). The molecule has 0 spiro atoms. The first-order chi connectivity index (χ1) is 11.3. The number of likely N-dealkylation sites (tertiary alicyclic amines) is 1. The van der Waals surface area contributed by atoms with Crippen molar-refractivity contribution >= 4 is 29.9 Å². The van der Waals surface area contributed by atoms with Crippen LogP contribution in [-0.2, 0) is 6.42 Å². The number of methoxy groups -OCH3 is 1. The van der Waals surface area contributed by atoms with Crippen molar-refractivity contribution in [3.8, 4) is 5.75 Å². The lowest BCUT2D eigenvalue weighted by molar-refractivity contribution is 0.299. The molecule has 1 saturated heterocycles. The lowest BCUT2D eigenvalue weighted by Crippen LogP contribution is -2.41. The van der Waals surface area contributed by atoms with Gasteiger partial charge in [0.25, 0.3) is 0 Å². The molecule has 0 radical (unpaired) electrons. The highest BCUT2D eigenvalue weighted by Crippen LogP contribution is 2.35. The topological polar surface area (TPSA) is 36.9 Å². The second-order valence-electron chi connectivity index (χ2n) is 6.78. The maximum Gasteiger partial charge on any atom is 0.193 e. The highest BCUT2D eigenvalue weighted by molar-refractivity contribution is 14.0. The van der Waals surface area contributed by atoms with Crippen LogP contribution in [-0.4, -0.2) is 44.7 Å². The number of nitrogens with one attached hydrogen (secondary N) is 1. The van der Waals surface area contributed by atoms with Gasteiger partial charge in [0.05, 0.1) is 7.11 Å². The molecular weight excluding hydrogens is 413 g/mol. The van der Waals surface area contributed by atoms with E-state index >= 15 is 0 Å². The van der Waals surface area contributed by atoms with E-state index in [9.17, 15) is 0 Å². The van der Waals surface area contributed by atoms with Crippen LogP contribution >= 0.6 is 24.0 Å². The van der Waals surface area contributed by atoms with Gasteiger partial charge in [-0.15, -0.1) is 24.0 Å². The number of hydrogen-bond acceptors (Lipinski definition) is 2. The smallest absolute Gasteiger partial charge is 0.193 e. The zero-order valence-electron chi connectivity index (χ0n) is 14.8. The predicted octanol–water partition coefficient (Wildman–Crippen LogP) is 3.55. The normalized spacial score (nSPS) is 23.4. The quantitative estimate of drug-likeness (QED) is 0.440. The van der Waals surface area contributed by atoms with Crippen LogP contribution in [0.4, 0.5) is 0 Å². The minimum absolute atomic E-state index is 0. The number of halogens is 1. The van der Waals surface area contributed by atoms with Crippen molar-refractivity contribution in [2.75, 3.05) is 33.8 Å². The third-order valence-electron chi connectivity index (χ3n) is 5.34. The number of benzene rings is 1. The summed E-state index contributed by atoms with van der Waals surface area (Å²) >= 11 is 0. The SMILES string of the molecule is CN=C(NCCc1ccc(OC)cc1)N1CC2CCCCC2C1.I. The van der Waals surface area contributed by atoms with Crippen molar-refractivity contribution in [2.24, 2.45) is 16.8 Å². The highest BCUT2D eigenvalue weighted by Gasteiger charge is 2.35. The summed E-state index contributed by atoms with van der Waals surface area (Å²) < 4.78 is 5.20. The lowest BCUT2D eigenvalue weighted by Gasteiger charge is -2.22. The summed E-state index contributed by atoms with van der Waals surface area (Å²) in [6.45, 7) is 3.30. The van der Waals surface area contributed by atoms with Gasteiger partial charge in [-0.05, 0) is 48.8 Å². The Balaban J connectivity index is 0.00000208. The number of fused-ring (bicyclic) bond motifs is 1. The minimum Gasteiger partial charge on any atom is -0.497 e. The molecule has 1 aromatic rings. The van der Waals surface area contributed by atoms with E-state index in [1.807, 2.05) is 19.2 Å². The van der Waals surface area contributed by atoms with Gasteiger partial charge in [0, 0.05) is 26.7 Å². The van der Waals surface area contributed by atoms with Crippen LogP contribution in [0, 0.1) is 11.8 Å². The average Bonchev–Trinajstić information content (AvgIpc) is 3.03. The van der Waals surface area contributed by atoms with Crippen LogP contribution in [0.15, 0.2) is 29.3 Å². The Morgan fingerprint density at radius 3 is 2.33 bits per heavy atom. The van der Waals surface area contributed by atoms with Crippen molar-refractivity contribution in [3.63, 3.8) is 0 Å². The van der Waals surface area contributed by atoms with Crippen LogP contribution in [0.5, 0.6) is 5.75 Å². The maximum atomic E-state index is 5.20. The van der Waals surface area contributed by atoms with Gasteiger partial charge in [0.15, 0.2) is 5.96 Å². The monoisotopic (exact) mass is 443 g/mol. The summed E-state index contributed by atoms with van der Waals surface area (Å²) in [4.78, 5) is 6.96. The molecule has 134 valence electrons. The van der Waals surface area contributed by atoms with E-state index in [0.717, 1.165) is 36.5 Å². The second kappa shape index (κ2) is 9.49. The largest absolute Gasteiger partial charge is 0.497 e. The molecular formula is C19H30IN3O. The van der Waals surface area contributed by atoms with Crippen molar-refractivity contribution < 1.29 is 4.74 Å². The number of aliphatic imine (C=N–C) groups is 1. The summed E-state index contributed by atoms with van der Waals surface area (Å²) in [7, 11) is 3.60. The molecule has 0 bridgehead atoms. The minimum atomic E-state index is 0. The lowest BCUT2D eigenvalue weighted by atomic mass is 9.82. The van der Waals surface area contributed by atoms with E-state index in [4.69, 9.17) is 4.74 Å².